The number of benzene rings is 1. The second-order valence-electron chi connectivity index (χ2n) is 4.13. The Kier molecular flexibility index (Phi) is 2.89. The maximum atomic E-state index is 13.8. The van der Waals surface area contributed by atoms with Gasteiger partial charge in [-0.3, -0.25) is 4.79 Å². The molecule has 1 aliphatic heterocycles. The molecule has 0 fully saturated rings. The lowest BCUT2D eigenvalue weighted by Gasteiger charge is -2.20. The van der Waals surface area contributed by atoms with Crippen LogP contribution in [0, 0.1) is 11.6 Å². The number of halogens is 2. The number of rotatable bonds is 1. The highest BCUT2D eigenvalue weighted by Gasteiger charge is 2.23. The molecule has 2 aromatic rings. The molecule has 8 heteroatoms. The number of aromatic nitrogens is 1. The van der Waals surface area contributed by atoms with Gasteiger partial charge in [-0.2, -0.15) is 0 Å². The molecule has 1 N–H and O–H groups in total. The fraction of sp³-hybridized carbons (Fsp3) is 0.167. The first-order chi connectivity index (χ1) is 9.49. The van der Waals surface area contributed by atoms with Gasteiger partial charge in [0.15, 0.2) is 17.4 Å². The molecular formula is C12H7F2NO4S. The summed E-state index contributed by atoms with van der Waals surface area (Å²) in [4.78, 5) is 22.7. The molecular weight excluding hydrogens is 292 g/mol. The van der Waals surface area contributed by atoms with Crippen LogP contribution >= 0.6 is 11.8 Å². The number of pyridine rings is 1. The van der Waals surface area contributed by atoms with Crippen LogP contribution in [0.2, 0.25) is 0 Å². The monoisotopic (exact) mass is 299 g/mol. The van der Waals surface area contributed by atoms with Crippen LogP contribution in [0.15, 0.2) is 22.0 Å². The van der Waals surface area contributed by atoms with Crippen molar-refractivity contribution in [1.82, 2.24) is 4.57 Å². The van der Waals surface area contributed by atoms with Crippen molar-refractivity contribution in [2.24, 2.45) is 0 Å². The molecule has 0 radical (unpaired) electrons. The van der Waals surface area contributed by atoms with Crippen molar-refractivity contribution in [2.45, 2.75) is 11.4 Å². The van der Waals surface area contributed by atoms with Crippen LogP contribution < -0.4 is 10.2 Å². The Labute approximate surface area is 114 Å². The molecule has 2 heterocycles. The predicted molar refractivity (Wildman–Crippen MR) is 67.5 cm³/mol. The maximum Gasteiger partial charge on any atom is 0.511 e. The fourth-order valence-electron chi connectivity index (χ4n) is 2.17. The zero-order chi connectivity index (χ0) is 14.4. The van der Waals surface area contributed by atoms with E-state index in [1.807, 2.05) is 0 Å². The largest absolute Gasteiger partial charge is 0.511 e. The molecule has 5 nitrogen and oxygen atoms in total. The summed E-state index contributed by atoms with van der Waals surface area (Å²) in [7, 11) is 0. The van der Waals surface area contributed by atoms with Crippen molar-refractivity contribution in [2.75, 3.05) is 5.75 Å². The molecule has 0 aliphatic carbocycles. The van der Waals surface area contributed by atoms with Gasteiger partial charge in [-0.1, -0.05) is 0 Å². The van der Waals surface area contributed by atoms with Gasteiger partial charge in [0.25, 0.3) is 0 Å². The van der Waals surface area contributed by atoms with Gasteiger partial charge in [0.05, 0.1) is 22.0 Å². The summed E-state index contributed by atoms with van der Waals surface area (Å²) >= 11 is 1.12. The third-order valence-electron chi connectivity index (χ3n) is 2.95. The first kappa shape index (κ1) is 12.9. The molecule has 0 amide bonds. The first-order valence-electron chi connectivity index (χ1n) is 5.57. The Balaban J connectivity index is 2.42. The average molecular weight is 299 g/mol. The van der Waals surface area contributed by atoms with E-state index in [4.69, 9.17) is 5.11 Å². The van der Waals surface area contributed by atoms with Crippen molar-refractivity contribution in [3.8, 4) is 5.75 Å². The van der Waals surface area contributed by atoms with Gasteiger partial charge in [0.1, 0.15) is 0 Å². The van der Waals surface area contributed by atoms with Crippen molar-refractivity contribution >= 4 is 28.8 Å². The number of hydrogen-bond acceptors (Lipinski definition) is 4. The summed E-state index contributed by atoms with van der Waals surface area (Å²) in [6.07, 6.45) is -0.429. The van der Waals surface area contributed by atoms with Crippen LogP contribution in [0.5, 0.6) is 5.75 Å². The normalized spacial score (nSPS) is 13.5. The molecule has 20 heavy (non-hydrogen) atoms. The lowest BCUT2D eigenvalue weighted by molar-refractivity contribution is 0.144. The molecule has 0 atom stereocenters. The Morgan fingerprint density at radius 2 is 2.20 bits per heavy atom. The molecule has 0 saturated heterocycles. The van der Waals surface area contributed by atoms with Gasteiger partial charge < -0.3 is 14.4 Å². The summed E-state index contributed by atoms with van der Waals surface area (Å²) in [5.41, 5.74) is -0.510. The Bertz CT molecular complexity index is 802. The highest BCUT2D eigenvalue weighted by atomic mass is 32.2. The minimum atomic E-state index is -1.64. The first-order valence-corrected chi connectivity index (χ1v) is 6.56. The Morgan fingerprint density at radius 1 is 1.45 bits per heavy atom. The molecule has 104 valence electrons. The standard InChI is InChI=1S/C12H7F2NO4S/c13-6-3-5-9-11(8(6)14)20-2-1-15(9)4-7(10(5)16)19-12(17)18/h3-4H,1-2H2,(H,17,18). The van der Waals surface area contributed by atoms with E-state index in [9.17, 15) is 18.4 Å². The summed E-state index contributed by atoms with van der Waals surface area (Å²) in [6.45, 7) is 0.440. The molecule has 0 spiro atoms. The van der Waals surface area contributed by atoms with Crippen molar-refractivity contribution < 1.29 is 23.4 Å². The van der Waals surface area contributed by atoms with Crippen molar-refractivity contribution in [1.29, 1.82) is 0 Å². The second kappa shape index (κ2) is 4.48. The number of hydrogen-bond donors (Lipinski definition) is 1. The van der Waals surface area contributed by atoms with Gasteiger partial charge in [-0.15, -0.1) is 11.8 Å². The SMILES string of the molecule is O=C(O)Oc1cn2c3c(c(F)c(F)cc3c1=O)SCC2. The highest BCUT2D eigenvalue weighted by Crippen LogP contribution is 2.35. The van der Waals surface area contributed by atoms with Crippen LogP contribution in [0.25, 0.3) is 10.9 Å². The van der Waals surface area contributed by atoms with E-state index >= 15 is 0 Å². The zero-order valence-electron chi connectivity index (χ0n) is 9.85. The lowest BCUT2D eigenvalue weighted by atomic mass is 10.1. The maximum absolute atomic E-state index is 13.8. The van der Waals surface area contributed by atoms with Gasteiger partial charge in [0.2, 0.25) is 5.43 Å². The highest BCUT2D eigenvalue weighted by molar-refractivity contribution is 7.99. The second-order valence-corrected chi connectivity index (χ2v) is 5.24. The van der Waals surface area contributed by atoms with Crippen LogP contribution in [0.1, 0.15) is 0 Å². The molecule has 1 aromatic carbocycles. The van der Waals surface area contributed by atoms with E-state index in [0.717, 1.165) is 17.8 Å². The number of aryl methyl sites for hydroxylation is 1. The Morgan fingerprint density at radius 3 is 2.90 bits per heavy atom. The molecule has 0 saturated carbocycles. The molecule has 0 bridgehead atoms. The third kappa shape index (κ3) is 1.83. The van der Waals surface area contributed by atoms with E-state index in [2.05, 4.69) is 4.74 Å². The van der Waals surface area contributed by atoms with E-state index in [1.54, 1.807) is 0 Å². The summed E-state index contributed by atoms with van der Waals surface area (Å²) < 4.78 is 33.2. The smallest absolute Gasteiger partial charge is 0.449 e. The van der Waals surface area contributed by atoms with Crippen LogP contribution in [0.3, 0.4) is 0 Å². The topological polar surface area (TPSA) is 68.5 Å². The van der Waals surface area contributed by atoms with Gasteiger partial charge in [-0.05, 0) is 6.07 Å². The van der Waals surface area contributed by atoms with Crippen molar-refractivity contribution in [3.05, 3.63) is 34.1 Å². The fourth-order valence-corrected chi connectivity index (χ4v) is 3.25. The van der Waals surface area contributed by atoms with E-state index in [0.29, 0.717) is 12.3 Å². The summed E-state index contributed by atoms with van der Waals surface area (Å²) in [6, 6.07) is 0.771. The van der Waals surface area contributed by atoms with E-state index in [-0.39, 0.29) is 15.8 Å². The minimum Gasteiger partial charge on any atom is -0.449 e. The summed E-state index contributed by atoms with van der Waals surface area (Å²) in [5, 5.41) is 8.49. The average Bonchev–Trinajstić information content (AvgIpc) is 2.40. The number of nitrogens with zero attached hydrogens (tertiary/aromatic N) is 1. The molecule has 1 aliphatic rings. The number of ether oxygens (including phenoxy) is 1. The van der Waals surface area contributed by atoms with Crippen LogP contribution in [0.4, 0.5) is 13.6 Å². The third-order valence-corrected chi connectivity index (χ3v) is 4.00. The zero-order valence-corrected chi connectivity index (χ0v) is 10.7. The minimum absolute atomic E-state index is 0.0604. The van der Waals surface area contributed by atoms with Crippen molar-refractivity contribution in [3.63, 3.8) is 0 Å². The van der Waals surface area contributed by atoms with E-state index < -0.39 is 29.0 Å². The molecule has 1 aromatic heterocycles. The quantitative estimate of drug-likeness (QED) is 0.819. The van der Waals surface area contributed by atoms with Crippen LogP contribution in [-0.2, 0) is 6.54 Å². The van der Waals surface area contributed by atoms with E-state index in [1.165, 1.54) is 10.8 Å². The van der Waals surface area contributed by atoms with Crippen LogP contribution in [-0.4, -0.2) is 21.6 Å². The van der Waals surface area contributed by atoms with Gasteiger partial charge in [-0.25, -0.2) is 13.6 Å². The molecule has 3 rings (SSSR count). The lowest BCUT2D eigenvalue weighted by Crippen LogP contribution is -2.19. The summed E-state index contributed by atoms with van der Waals surface area (Å²) in [5.74, 6) is -2.08. The number of carbonyl (C=O) groups is 1. The Hall–Kier alpha value is -2.09. The van der Waals surface area contributed by atoms with Gasteiger partial charge in [0, 0.05) is 12.3 Å². The molecule has 0 unspecified atom stereocenters. The predicted octanol–water partition coefficient (Wildman–Crippen LogP) is 2.44. The van der Waals surface area contributed by atoms with Gasteiger partial charge >= 0.3 is 6.16 Å². The number of thioether (sulfide) groups is 1. The number of carboxylic acid groups (broad SMARTS) is 1.